The summed E-state index contributed by atoms with van der Waals surface area (Å²) in [5.41, 5.74) is 0.443. The zero-order valence-corrected chi connectivity index (χ0v) is 9.46. The van der Waals surface area contributed by atoms with Gasteiger partial charge in [-0.1, -0.05) is 11.6 Å². The second kappa shape index (κ2) is 4.26. The molecule has 1 aromatic heterocycles. The highest BCUT2D eigenvalue weighted by atomic mass is 35.5. The number of aromatic nitrogens is 1. The molecule has 1 unspecified atom stereocenters. The Kier molecular flexibility index (Phi) is 2.97. The summed E-state index contributed by atoms with van der Waals surface area (Å²) < 4.78 is 18.2. The predicted molar refractivity (Wildman–Crippen MR) is 56.8 cm³/mol. The minimum absolute atomic E-state index is 0.103. The van der Waals surface area contributed by atoms with Crippen LogP contribution in [0.25, 0.3) is 0 Å². The quantitative estimate of drug-likeness (QED) is 0.816. The van der Waals surface area contributed by atoms with E-state index in [2.05, 4.69) is 11.1 Å². The fourth-order valence-electron chi connectivity index (χ4n) is 1.70. The normalized spacial score (nSPS) is 16.6. The summed E-state index contributed by atoms with van der Waals surface area (Å²) in [5.74, 6) is -0.504. The molecule has 0 aliphatic heterocycles. The van der Waals surface area contributed by atoms with E-state index in [0.29, 0.717) is 11.6 Å². The third-order valence-corrected chi connectivity index (χ3v) is 3.04. The third-order valence-electron chi connectivity index (χ3n) is 2.69. The number of nitrogens with zero attached hydrogens (tertiary/aromatic N) is 2. The van der Waals surface area contributed by atoms with Crippen molar-refractivity contribution in [1.29, 1.82) is 5.26 Å². The topological polar surface area (TPSA) is 45.9 Å². The number of hydrogen-bond acceptors (Lipinski definition) is 3. The molecule has 0 spiro atoms. The van der Waals surface area contributed by atoms with Crippen LogP contribution in [0.2, 0.25) is 5.02 Å². The predicted octanol–water partition coefficient (Wildman–Crippen LogP) is 2.90. The van der Waals surface area contributed by atoms with Gasteiger partial charge in [0.25, 0.3) is 0 Å². The van der Waals surface area contributed by atoms with Gasteiger partial charge in [0.15, 0.2) is 11.6 Å². The van der Waals surface area contributed by atoms with Gasteiger partial charge in [0.1, 0.15) is 10.7 Å². The molecule has 0 N–H and O–H groups in total. The molecular formula is C11H10ClFN2O. The Morgan fingerprint density at radius 2 is 2.38 bits per heavy atom. The van der Waals surface area contributed by atoms with Gasteiger partial charge < -0.3 is 4.74 Å². The summed E-state index contributed by atoms with van der Waals surface area (Å²) >= 11 is 5.78. The van der Waals surface area contributed by atoms with E-state index >= 15 is 0 Å². The Morgan fingerprint density at radius 3 is 2.88 bits per heavy atom. The van der Waals surface area contributed by atoms with Crippen molar-refractivity contribution in [3.05, 3.63) is 22.7 Å². The number of hydrogen-bond donors (Lipinski definition) is 0. The van der Waals surface area contributed by atoms with Gasteiger partial charge >= 0.3 is 0 Å². The smallest absolute Gasteiger partial charge is 0.163 e. The third kappa shape index (κ3) is 1.83. The van der Waals surface area contributed by atoms with Crippen molar-refractivity contribution in [2.75, 3.05) is 7.11 Å². The summed E-state index contributed by atoms with van der Waals surface area (Å²) in [6.45, 7) is 0. The molecule has 2 rings (SSSR count). The molecule has 1 aliphatic rings. The van der Waals surface area contributed by atoms with Gasteiger partial charge in [-0.05, 0) is 18.8 Å². The summed E-state index contributed by atoms with van der Waals surface area (Å²) in [6.07, 6.45) is 3.03. The highest BCUT2D eigenvalue weighted by Crippen LogP contribution is 2.45. The fraction of sp³-hybridized carbons (Fsp3) is 0.455. The molecule has 84 valence electrons. The molecule has 1 saturated carbocycles. The van der Waals surface area contributed by atoms with E-state index in [4.69, 9.17) is 21.6 Å². The lowest BCUT2D eigenvalue weighted by atomic mass is 10.00. The Balaban J connectivity index is 2.47. The molecule has 5 heteroatoms. The molecule has 0 aromatic carbocycles. The molecule has 0 amide bonds. The van der Waals surface area contributed by atoms with Crippen molar-refractivity contribution in [3.8, 4) is 11.8 Å². The second-order valence-electron chi connectivity index (χ2n) is 3.78. The van der Waals surface area contributed by atoms with Crippen LogP contribution in [0.1, 0.15) is 24.5 Å². The molecule has 1 heterocycles. The maximum absolute atomic E-state index is 13.2. The van der Waals surface area contributed by atoms with Crippen molar-refractivity contribution in [3.63, 3.8) is 0 Å². The van der Waals surface area contributed by atoms with Crippen LogP contribution < -0.4 is 4.74 Å². The largest absolute Gasteiger partial charge is 0.493 e. The molecule has 1 fully saturated rings. The van der Waals surface area contributed by atoms with Gasteiger partial charge in [0, 0.05) is 0 Å². The average molecular weight is 241 g/mol. The van der Waals surface area contributed by atoms with Crippen LogP contribution >= 0.6 is 11.6 Å². The SMILES string of the molecule is COc1c(C(C#N)C2CC2)ncc(F)c1Cl. The number of pyridine rings is 1. The van der Waals surface area contributed by atoms with Crippen LogP contribution in [0, 0.1) is 23.1 Å². The molecule has 3 nitrogen and oxygen atoms in total. The van der Waals surface area contributed by atoms with Crippen molar-refractivity contribution in [2.45, 2.75) is 18.8 Å². The van der Waals surface area contributed by atoms with Crippen LogP contribution in [0.15, 0.2) is 6.20 Å². The van der Waals surface area contributed by atoms with E-state index < -0.39 is 5.82 Å². The number of ether oxygens (including phenoxy) is 1. The van der Waals surface area contributed by atoms with Gasteiger partial charge in [-0.25, -0.2) is 4.39 Å². The molecule has 1 aliphatic carbocycles. The van der Waals surface area contributed by atoms with Gasteiger partial charge in [-0.15, -0.1) is 0 Å². The summed E-state index contributed by atoms with van der Waals surface area (Å²) in [4.78, 5) is 3.94. The zero-order valence-electron chi connectivity index (χ0n) is 8.70. The Labute approximate surface area is 97.8 Å². The van der Waals surface area contributed by atoms with Crippen LogP contribution in [-0.4, -0.2) is 12.1 Å². The van der Waals surface area contributed by atoms with Gasteiger partial charge in [-0.2, -0.15) is 5.26 Å². The minimum atomic E-state index is -0.630. The number of methoxy groups -OCH3 is 1. The van der Waals surface area contributed by atoms with E-state index in [0.717, 1.165) is 19.0 Å². The maximum Gasteiger partial charge on any atom is 0.163 e. The Hall–Kier alpha value is -1.34. The van der Waals surface area contributed by atoms with Gasteiger partial charge in [-0.3, -0.25) is 4.98 Å². The number of halogens is 2. The highest BCUT2D eigenvalue weighted by Gasteiger charge is 2.36. The number of nitriles is 1. The first-order valence-electron chi connectivity index (χ1n) is 4.96. The Bertz CT molecular complexity index is 454. The Morgan fingerprint density at radius 1 is 1.69 bits per heavy atom. The van der Waals surface area contributed by atoms with Gasteiger partial charge in [0.05, 0.1) is 25.3 Å². The monoisotopic (exact) mass is 240 g/mol. The zero-order chi connectivity index (χ0) is 11.7. The fourth-order valence-corrected chi connectivity index (χ4v) is 1.92. The van der Waals surface area contributed by atoms with E-state index in [9.17, 15) is 4.39 Å². The van der Waals surface area contributed by atoms with Crippen molar-refractivity contribution >= 4 is 11.6 Å². The molecule has 0 bridgehead atoms. The standard InChI is InChI=1S/C11H10ClFN2O/c1-16-11-9(12)8(13)5-15-10(11)7(4-14)6-2-3-6/h5-7H,2-3H2,1H3. The second-order valence-corrected chi connectivity index (χ2v) is 4.16. The highest BCUT2D eigenvalue weighted by molar-refractivity contribution is 6.32. The van der Waals surface area contributed by atoms with Crippen LogP contribution in [0.5, 0.6) is 5.75 Å². The van der Waals surface area contributed by atoms with E-state index in [1.165, 1.54) is 7.11 Å². The molecule has 1 atom stereocenters. The average Bonchev–Trinajstić information content (AvgIpc) is 3.09. The molecule has 0 saturated heterocycles. The van der Waals surface area contributed by atoms with Crippen LogP contribution in [-0.2, 0) is 0 Å². The number of rotatable bonds is 3. The molecule has 1 aromatic rings. The van der Waals surface area contributed by atoms with E-state index in [-0.39, 0.29) is 16.7 Å². The van der Waals surface area contributed by atoms with Crippen molar-refractivity contribution in [2.24, 2.45) is 5.92 Å². The van der Waals surface area contributed by atoms with Crippen molar-refractivity contribution in [1.82, 2.24) is 4.98 Å². The van der Waals surface area contributed by atoms with Crippen LogP contribution in [0.4, 0.5) is 4.39 Å². The lowest BCUT2D eigenvalue weighted by Crippen LogP contribution is -2.05. The molecular weight excluding hydrogens is 231 g/mol. The summed E-state index contributed by atoms with van der Waals surface area (Å²) in [5, 5.41) is 8.98. The van der Waals surface area contributed by atoms with E-state index in [1.807, 2.05) is 0 Å². The molecule has 16 heavy (non-hydrogen) atoms. The van der Waals surface area contributed by atoms with Crippen molar-refractivity contribution < 1.29 is 9.13 Å². The summed E-state index contributed by atoms with van der Waals surface area (Å²) in [7, 11) is 1.40. The van der Waals surface area contributed by atoms with Gasteiger partial charge in [0.2, 0.25) is 0 Å². The first-order chi connectivity index (χ1) is 7.69. The first kappa shape index (κ1) is 11.2. The minimum Gasteiger partial charge on any atom is -0.493 e. The summed E-state index contributed by atoms with van der Waals surface area (Å²) in [6, 6.07) is 2.18. The lowest BCUT2D eigenvalue weighted by Gasteiger charge is -2.13. The lowest BCUT2D eigenvalue weighted by molar-refractivity contribution is 0.399. The first-order valence-corrected chi connectivity index (χ1v) is 5.34. The molecule has 0 radical (unpaired) electrons. The van der Waals surface area contributed by atoms with Crippen LogP contribution in [0.3, 0.4) is 0 Å². The maximum atomic E-state index is 13.2. The van der Waals surface area contributed by atoms with E-state index in [1.54, 1.807) is 0 Å².